The van der Waals surface area contributed by atoms with Crippen LogP contribution in [0.3, 0.4) is 0 Å². The number of piperidine rings is 1. The molecule has 5 N–H and O–H groups in total. The Hall–Kier alpha value is -1.71. The topological polar surface area (TPSA) is 126 Å². The van der Waals surface area contributed by atoms with Crippen molar-refractivity contribution in [1.82, 2.24) is 15.0 Å². The number of hydrogen-bond donors (Lipinski definition) is 4. The van der Waals surface area contributed by atoms with Crippen molar-refractivity contribution in [2.75, 3.05) is 12.0 Å². The highest BCUT2D eigenvalue weighted by atomic mass is 32.2. The normalized spacial score (nSPS) is 19.8. The molecule has 19 heavy (non-hydrogen) atoms. The fraction of sp³-hybridized carbons (Fsp3) is 0.400. The van der Waals surface area contributed by atoms with Gasteiger partial charge in [0.1, 0.15) is 4.90 Å². The van der Waals surface area contributed by atoms with Gasteiger partial charge in [-0.05, 0) is 18.6 Å². The Bertz CT molecular complexity index is 564. The molecule has 1 unspecified atom stereocenters. The molecule has 1 aromatic rings. The standard InChI is InChI=1S/C10H15N5O3S/c11-14-10-8(2-1-5-12-10)19(17,18)15-7-3-4-9(16)13-6-7/h1-2,5,7,15H,3-4,6,11H2,(H,12,14)(H,13,16). The lowest BCUT2D eigenvalue weighted by molar-refractivity contribution is -0.122. The van der Waals surface area contributed by atoms with E-state index < -0.39 is 10.0 Å². The zero-order valence-electron chi connectivity index (χ0n) is 10.1. The van der Waals surface area contributed by atoms with Gasteiger partial charge >= 0.3 is 0 Å². The van der Waals surface area contributed by atoms with Gasteiger partial charge in [0, 0.05) is 25.2 Å². The van der Waals surface area contributed by atoms with E-state index in [0.717, 1.165) is 0 Å². The quantitative estimate of drug-likeness (QED) is 0.412. The fourth-order valence-electron chi connectivity index (χ4n) is 1.83. The van der Waals surface area contributed by atoms with E-state index in [1.54, 1.807) is 0 Å². The average molecular weight is 285 g/mol. The first-order valence-electron chi connectivity index (χ1n) is 5.73. The summed E-state index contributed by atoms with van der Waals surface area (Å²) < 4.78 is 26.9. The monoisotopic (exact) mass is 285 g/mol. The number of nitrogens with zero attached hydrogens (tertiary/aromatic N) is 1. The zero-order chi connectivity index (χ0) is 13.9. The molecular formula is C10H15N5O3S. The summed E-state index contributed by atoms with van der Waals surface area (Å²) in [5.74, 6) is 5.25. The number of sulfonamides is 1. The van der Waals surface area contributed by atoms with E-state index in [-0.39, 0.29) is 29.2 Å². The first-order valence-corrected chi connectivity index (χ1v) is 7.22. The van der Waals surface area contributed by atoms with Crippen molar-refractivity contribution >= 4 is 21.7 Å². The SMILES string of the molecule is NNc1ncccc1S(=O)(=O)NC1CCC(=O)NC1. The molecule has 0 spiro atoms. The molecule has 0 aromatic carbocycles. The van der Waals surface area contributed by atoms with Gasteiger partial charge < -0.3 is 10.7 Å². The number of pyridine rings is 1. The minimum atomic E-state index is -3.73. The Labute approximate surface area is 110 Å². The van der Waals surface area contributed by atoms with Gasteiger partial charge in [0.05, 0.1) is 0 Å². The lowest BCUT2D eigenvalue weighted by atomic mass is 10.1. The Morgan fingerprint density at radius 2 is 2.26 bits per heavy atom. The molecule has 1 fully saturated rings. The first-order chi connectivity index (χ1) is 9.03. The van der Waals surface area contributed by atoms with Crippen molar-refractivity contribution in [3.63, 3.8) is 0 Å². The lowest BCUT2D eigenvalue weighted by Crippen LogP contribution is -2.47. The molecular weight excluding hydrogens is 270 g/mol. The third-order valence-electron chi connectivity index (χ3n) is 2.78. The van der Waals surface area contributed by atoms with E-state index in [4.69, 9.17) is 5.84 Å². The Kier molecular flexibility index (Phi) is 3.98. The summed E-state index contributed by atoms with van der Waals surface area (Å²) in [6.45, 7) is 0.281. The molecule has 2 heterocycles. The van der Waals surface area contributed by atoms with Crippen molar-refractivity contribution < 1.29 is 13.2 Å². The van der Waals surface area contributed by atoms with E-state index in [1.807, 2.05) is 0 Å². The van der Waals surface area contributed by atoms with Crippen LogP contribution in [0.4, 0.5) is 5.82 Å². The lowest BCUT2D eigenvalue weighted by Gasteiger charge is -2.23. The highest BCUT2D eigenvalue weighted by Gasteiger charge is 2.26. The molecule has 0 aliphatic carbocycles. The van der Waals surface area contributed by atoms with Crippen LogP contribution in [-0.4, -0.2) is 31.9 Å². The number of nitrogens with one attached hydrogen (secondary N) is 3. The van der Waals surface area contributed by atoms with Crippen LogP contribution >= 0.6 is 0 Å². The van der Waals surface area contributed by atoms with Crippen molar-refractivity contribution in [2.45, 2.75) is 23.8 Å². The molecule has 1 aliphatic heterocycles. The summed E-state index contributed by atoms with van der Waals surface area (Å²) in [6.07, 6.45) is 2.22. The van der Waals surface area contributed by atoms with E-state index in [1.165, 1.54) is 18.3 Å². The maximum Gasteiger partial charge on any atom is 0.244 e. The van der Waals surface area contributed by atoms with Crippen molar-refractivity contribution in [2.24, 2.45) is 5.84 Å². The number of anilines is 1. The van der Waals surface area contributed by atoms with E-state index in [0.29, 0.717) is 12.8 Å². The second-order valence-corrected chi connectivity index (χ2v) is 5.84. The Morgan fingerprint density at radius 3 is 2.89 bits per heavy atom. The van der Waals surface area contributed by atoms with Crippen LogP contribution in [-0.2, 0) is 14.8 Å². The maximum atomic E-state index is 12.2. The number of carbonyl (C=O) groups excluding carboxylic acids is 1. The summed E-state index contributed by atoms with van der Waals surface area (Å²) in [5, 5.41) is 2.61. The van der Waals surface area contributed by atoms with E-state index in [9.17, 15) is 13.2 Å². The molecule has 1 aliphatic rings. The first kappa shape index (κ1) is 13.7. The molecule has 2 rings (SSSR count). The Morgan fingerprint density at radius 1 is 1.47 bits per heavy atom. The predicted molar refractivity (Wildman–Crippen MR) is 68.4 cm³/mol. The van der Waals surface area contributed by atoms with Crippen molar-refractivity contribution in [1.29, 1.82) is 0 Å². The summed E-state index contributed by atoms with van der Waals surface area (Å²) in [5.41, 5.74) is 2.25. The number of amides is 1. The van der Waals surface area contributed by atoms with E-state index in [2.05, 4.69) is 20.4 Å². The summed E-state index contributed by atoms with van der Waals surface area (Å²) in [6, 6.07) is 2.60. The number of aromatic nitrogens is 1. The van der Waals surface area contributed by atoms with Crippen LogP contribution in [0, 0.1) is 0 Å². The minimum Gasteiger partial charge on any atom is -0.355 e. The van der Waals surface area contributed by atoms with Gasteiger partial charge in [-0.15, -0.1) is 0 Å². The molecule has 0 saturated carbocycles. The number of nitrogen functional groups attached to an aromatic ring is 1. The zero-order valence-corrected chi connectivity index (χ0v) is 10.9. The van der Waals surface area contributed by atoms with Crippen LogP contribution in [0.1, 0.15) is 12.8 Å². The van der Waals surface area contributed by atoms with Crippen LogP contribution < -0.4 is 21.3 Å². The molecule has 1 saturated heterocycles. The van der Waals surface area contributed by atoms with Gasteiger partial charge in [0.15, 0.2) is 5.82 Å². The number of rotatable bonds is 4. The molecule has 9 heteroatoms. The molecule has 1 aromatic heterocycles. The second kappa shape index (κ2) is 5.51. The highest BCUT2D eigenvalue weighted by molar-refractivity contribution is 7.89. The molecule has 0 radical (unpaired) electrons. The molecule has 1 amide bonds. The summed E-state index contributed by atoms with van der Waals surface area (Å²) in [7, 11) is -3.73. The average Bonchev–Trinajstić information content (AvgIpc) is 2.41. The molecule has 1 atom stereocenters. The highest BCUT2D eigenvalue weighted by Crippen LogP contribution is 2.18. The van der Waals surface area contributed by atoms with Crippen LogP contribution in [0.2, 0.25) is 0 Å². The molecule has 0 bridgehead atoms. The second-order valence-electron chi connectivity index (χ2n) is 4.16. The van der Waals surface area contributed by atoms with E-state index >= 15 is 0 Å². The third kappa shape index (κ3) is 3.19. The van der Waals surface area contributed by atoms with Gasteiger partial charge in [-0.25, -0.2) is 24.0 Å². The van der Waals surface area contributed by atoms with Gasteiger partial charge in [0.2, 0.25) is 15.9 Å². The summed E-state index contributed by atoms with van der Waals surface area (Å²) >= 11 is 0. The number of carbonyl (C=O) groups is 1. The Balaban J connectivity index is 2.16. The van der Waals surface area contributed by atoms with Gasteiger partial charge in [-0.1, -0.05) is 0 Å². The van der Waals surface area contributed by atoms with Gasteiger partial charge in [-0.3, -0.25) is 4.79 Å². The molecule has 8 nitrogen and oxygen atoms in total. The van der Waals surface area contributed by atoms with Crippen LogP contribution in [0.15, 0.2) is 23.2 Å². The smallest absolute Gasteiger partial charge is 0.244 e. The maximum absolute atomic E-state index is 12.2. The number of nitrogens with two attached hydrogens (primary N) is 1. The fourth-order valence-corrected chi connectivity index (χ4v) is 3.22. The predicted octanol–water partition coefficient (Wildman–Crippen LogP) is -1.08. The number of hydrogen-bond acceptors (Lipinski definition) is 6. The minimum absolute atomic E-state index is 0.0191. The summed E-state index contributed by atoms with van der Waals surface area (Å²) in [4.78, 5) is 14.8. The number of hydrazine groups is 1. The van der Waals surface area contributed by atoms with Crippen LogP contribution in [0.5, 0.6) is 0 Å². The van der Waals surface area contributed by atoms with Crippen LogP contribution in [0.25, 0.3) is 0 Å². The van der Waals surface area contributed by atoms with Crippen molar-refractivity contribution in [3.8, 4) is 0 Å². The largest absolute Gasteiger partial charge is 0.355 e. The molecule has 104 valence electrons. The van der Waals surface area contributed by atoms with Gasteiger partial charge in [0.25, 0.3) is 0 Å². The van der Waals surface area contributed by atoms with Crippen molar-refractivity contribution in [3.05, 3.63) is 18.3 Å². The third-order valence-corrected chi connectivity index (χ3v) is 4.34. The van der Waals surface area contributed by atoms with Gasteiger partial charge in [-0.2, -0.15) is 0 Å².